The first-order valence-electron chi connectivity index (χ1n) is 7.57. The first-order chi connectivity index (χ1) is 11.1. The van der Waals surface area contributed by atoms with Crippen molar-refractivity contribution in [3.8, 4) is 0 Å². The van der Waals surface area contributed by atoms with Crippen molar-refractivity contribution in [1.29, 1.82) is 0 Å². The second-order valence-corrected chi connectivity index (χ2v) is 5.69. The van der Waals surface area contributed by atoms with Gasteiger partial charge in [0.2, 0.25) is 0 Å². The third kappa shape index (κ3) is 3.01. The largest absolute Gasteiger partial charge is 0.399 e. The normalized spacial score (nSPS) is 12.1. The van der Waals surface area contributed by atoms with Gasteiger partial charge in [0.1, 0.15) is 0 Å². The van der Waals surface area contributed by atoms with Gasteiger partial charge in [-0.05, 0) is 37.6 Å². The lowest BCUT2D eigenvalue weighted by Gasteiger charge is -2.17. The van der Waals surface area contributed by atoms with Crippen LogP contribution in [0.4, 0.5) is 5.69 Å². The molecule has 2 aromatic carbocycles. The molecule has 0 saturated carbocycles. The van der Waals surface area contributed by atoms with E-state index in [0.717, 1.165) is 22.0 Å². The predicted molar refractivity (Wildman–Crippen MR) is 93.2 cm³/mol. The maximum absolute atomic E-state index is 12.6. The molecule has 0 aliphatic rings. The number of hydrogen-bond acceptors (Lipinski definition) is 3. The molecule has 1 atom stereocenters. The zero-order chi connectivity index (χ0) is 16.4. The van der Waals surface area contributed by atoms with Crippen LogP contribution < -0.4 is 11.1 Å². The lowest BCUT2D eigenvalue weighted by molar-refractivity contribution is 0.0939. The number of fused-ring (bicyclic) bond motifs is 1. The number of amides is 1. The first kappa shape index (κ1) is 15.0. The number of anilines is 1. The summed E-state index contributed by atoms with van der Waals surface area (Å²) in [5, 5.41) is 4.10. The van der Waals surface area contributed by atoms with Gasteiger partial charge in [-0.3, -0.25) is 9.78 Å². The average molecular weight is 305 g/mol. The molecule has 1 amide bonds. The maximum atomic E-state index is 12.6. The lowest BCUT2D eigenvalue weighted by Crippen LogP contribution is -2.27. The summed E-state index contributed by atoms with van der Waals surface area (Å²) in [6.07, 6.45) is 1.77. The number of benzene rings is 2. The Morgan fingerprint density at radius 1 is 1.17 bits per heavy atom. The lowest BCUT2D eigenvalue weighted by atomic mass is 10.0. The highest BCUT2D eigenvalue weighted by Crippen LogP contribution is 2.23. The molecule has 0 fully saturated rings. The number of hydrogen-bond donors (Lipinski definition) is 2. The van der Waals surface area contributed by atoms with Crippen LogP contribution >= 0.6 is 0 Å². The van der Waals surface area contributed by atoms with E-state index >= 15 is 0 Å². The summed E-state index contributed by atoms with van der Waals surface area (Å²) in [6, 6.07) is 15.1. The maximum Gasteiger partial charge on any atom is 0.252 e. The van der Waals surface area contributed by atoms with Gasteiger partial charge in [0.15, 0.2) is 0 Å². The van der Waals surface area contributed by atoms with Crippen LogP contribution in [0.25, 0.3) is 10.9 Å². The Bertz CT molecular complexity index is 868. The van der Waals surface area contributed by atoms with Crippen molar-refractivity contribution in [2.24, 2.45) is 0 Å². The van der Waals surface area contributed by atoms with Crippen LogP contribution in [0.3, 0.4) is 0 Å². The summed E-state index contributed by atoms with van der Waals surface area (Å²) in [7, 11) is 0. The van der Waals surface area contributed by atoms with Gasteiger partial charge in [-0.1, -0.05) is 30.3 Å². The molecule has 0 aliphatic carbocycles. The van der Waals surface area contributed by atoms with Gasteiger partial charge in [0.05, 0.1) is 11.6 Å². The SMILES string of the molecule is Cc1ccc(N)cc1C(=O)N[C@H](C)c1cccc2cccnc12. The number of nitrogens with zero attached hydrogens (tertiary/aromatic N) is 1. The monoisotopic (exact) mass is 305 g/mol. The minimum Gasteiger partial charge on any atom is -0.399 e. The van der Waals surface area contributed by atoms with E-state index in [1.165, 1.54) is 0 Å². The molecule has 1 heterocycles. The first-order valence-corrected chi connectivity index (χ1v) is 7.57. The van der Waals surface area contributed by atoms with Crippen molar-refractivity contribution < 1.29 is 4.79 Å². The molecule has 4 nitrogen and oxygen atoms in total. The van der Waals surface area contributed by atoms with Crippen LogP contribution in [-0.2, 0) is 0 Å². The Balaban J connectivity index is 1.90. The quantitative estimate of drug-likeness (QED) is 0.726. The van der Waals surface area contributed by atoms with E-state index in [0.29, 0.717) is 11.3 Å². The van der Waals surface area contributed by atoms with Crippen molar-refractivity contribution in [2.75, 3.05) is 5.73 Å². The van der Waals surface area contributed by atoms with Crippen molar-refractivity contribution >= 4 is 22.5 Å². The predicted octanol–water partition coefficient (Wildman–Crippen LogP) is 3.62. The summed E-state index contributed by atoms with van der Waals surface area (Å²) in [4.78, 5) is 17.0. The van der Waals surface area contributed by atoms with E-state index in [2.05, 4.69) is 10.3 Å². The van der Waals surface area contributed by atoms with E-state index < -0.39 is 0 Å². The van der Waals surface area contributed by atoms with Gasteiger partial charge in [0.25, 0.3) is 5.91 Å². The number of carbonyl (C=O) groups is 1. The van der Waals surface area contributed by atoms with Crippen LogP contribution in [0, 0.1) is 6.92 Å². The van der Waals surface area contributed by atoms with Crippen LogP contribution in [0.2, 0.25) is 0 Å². The third-order valence-electron chi connectivity index (χ3n) is 3.98. The van der Waals surface area contributed by atoms with Crippen LogP contribution in [0.15, 0.2) is 54.7 Å². The van der Waals surface area contributed by atoms with Gasteiger partial charge in [-0.15, -0.1) is 0 Å². The number of carbonyl (C=O) groups excluding carboxylic acids is 1. The van der Waals surface area contributed by atoms with Gasteiger partial charge < -0.3 is 11.1 Å². The third-order valence-corrected chi connectivity index (χ3v) is 3.98. The average Bonchev–Trinajstić information content (AvgIpc) is 2.56. The highest BCUT2D eigenvalue weighted by atomic mass is 16.1. The summed E-state index contributed by atoms with van der Waals surface area (Å²) in [6.45, 7) is 3.86. The number of aryl methyl sites for hydroxylation is 1. The standard InChI is InChI=1S/C19H19N3O/c1-12-8-9-15(20)11-17(12)19(23)22-13(2)16-7-3-5-14-6-4-10-21-18(14)16/h3-11,13H,20H2,1-2H3,(H,22,23)/t13-/m1/s1. The molecule has 0 unspecified atom stereocenters. The Morgan fingerprint density at radius 3 is 2.78 bits per heavy atom. The molecule has 116 valence electrons. The molecule has 0 radical (unpaired) electrons. The number of pyridine rings is 1. The molecule has 3 aromatic rings. The second kappa shape index (κ2) is 6.08. The molecule has 0 saturated heterocycles. The van der Waals surface area contributed by atoms with Crippen molar-refractivity contribution in [3.05, 3.63) is 71.4 Å². The summed E-state index contributed by atoms with van der Waals surface area (Å²) in [5.74, 6) is -0.129. The minimum absolute atomic E-state index is 0.129. The molecule has 1 aromatic heterocycles. The number of rotatable bonds is 3. The summed E-state index contributed by atoms with van der Waals surface area (Å²) < 4.78 is 0. The van der Waals surface area contributed by atoms with Gasteiger partial charge >= 0.3 is 0 Å². The van der Waals surface area contributed by atoms with Gasteiger partial charge in [-0.2, -0.15) is 0 Å². The fraction of sp³-hybridized carbons (Fsp3) is 0.158. The Hall–Kier alpha value is -2.88. The fourth-order valence-electron chi connectivity index (χ4n) is 2.71. The number of para-hydroxylation sites is 1. The highest BCUT2D eigenvalue weighted by Gasteiger charge is 2.15. The van der Waals surface area contributed by atoms with Crippen molar-refractivity contribution in [3.63, 3.8) is 0 Å². The molecule has 3 N–H and O–H groups in total. The molecule has 4 heteroatoms. The zero-order valence-corrected chi connectivity index (χ0v) is 13.2. The molecule has 23 heavy (non-hydrogen) atoms. The second-order valence-electron chi connectivity index (χ2n) is 5.69. The van der Waals surface area contributed by atoms with Crippen molar-refractivity contribution in [2.45, 2.75) is 19.9 Å². The number of aromatic nitrogens is 1. The number of nitrogens with one attached hydrogen (secondary N) is 1. The Labute approximate surface area is 135 Å². The Kier molecular flexibility index (Phi) is 3.98. The molecule has 0 bridgehead atoms. The topological polar surface area (TPSA) is 68.0 Å². The Morgan fingerprint density at radius 2 is 1.96 bits per heavy atom. The summed E-state index contributed by atoms with van der Waals surface area (Å²) >= 11 is 0. The molecular formula is C19H19N3O. The summed E-state index contributed by atoms with van der Waals surface area (Å²) in [5.41, 5.74) is 9.79. The number of nitrogen functional groups attached to an aromatic ring is 1. The van der Waals surface area contributed by atoms with Gasteiger partial charge in [-0.25, -0.2) is 0 Å². The van der Waals surface area contributed by atoms with Gasteiger partial charge in [0, 0.05) is 28.4 Å². The minimum atomic E-state index is -0.151. The zero-order valence-electron chi connectivity index (χ0n) is 13.2. The highest BCUT2D eigenvalue weighted by molar-refractivity contribution is 5.97. The van der Waals surface area contributed by atoms with E-state index in [4.69, 9.17) is 5.73 Å². The van der Waals surface area contributed by atoms with Crippen LogP contribution in [0.1, 0.15) is 34.5 Å². The molecule has 3 rings (SSSR count). The van der Waals surface area contributed by atoms with E-state index in [1.807, 2.05) is 50.2 Å². The van der Waals surface area contributed by atoms with Crippen molar-refractivity contribution in [1.82, 2.24) is 10.3 Å². The molecule has 0 aliphatic heterocycles. The van der Waals surface area contributed by atoms with E-state index in [9.17, 15) is 4.79 Å². The number of nitrogens with two attached hydrogens (primary N) is 1. The molecule has 0 spiro atoms. The van der Waals surface area contributed by atoms with E-state index in [-0.39, 0.29) is 11.9 Å². The van der Waals surface area contributed by atoms with Crippen LogP contribution in [-0.4, -0.2) is 10.9 Å². The molecular weight excluding hydrogens is 286 g/mol. The smallest absolute Gasteiger partial charge is 0.252 e. The fourth-order valence-corrected chi connectivity index (χ4v) is 2.71. The van der Waals surface area contributed by atoms with Crippen LogP contribution in [0.5, 0.6) is 0 Å². The van der Waals surface area contributed by atoms with E-state index in [1.54, 1.807) is 18.3 Å².